The predicted octanol–water partition coefficient (Wildman–Crippen LogP) is 3.04. The summed E-state index contributed by atoms with van der Waals surface area (Å²) < 4.78 is 10.7. The Morgan fingerprint density at radius 2 is 1.72 bits per heavy atom. The van der Waals surface area contributed by atoms with Gasteiger partial charge in [-0.25, -0.2) is 0 Å². The van der Waals surface area contributed by atoms with Gasteiger partial charge in [0.25, 0.3) is 0 Å². The van der Waals surface area contributed by atoms with E-state index in [1.807, 2.05) is 6.07 Å². The van der Waals surface area contributed by atoms with Crippen LogP contribution in [0, 0.1) is 6.92 Å². The highest BCUT2D eigenvalue weighted by molar-refractivity contribution is 5.47. The first-order chi connectivity index (χ1) is 8.74. The van der Waals surface area contributed by atoms with Crippen molar-refractivity contribution in [1.82, 2.24) is 5.32 Å². The van der Waals surface area contributed by atoms with Crippen molar-refractivity contribution >= 4 is 0 Å². The number of aryl methyl sites for hydroxylation is 1. The Morgan fingerprint density at radius 1 is 1.11 bits per heavy atom. The Labute approximate surface area is 109 Å². The van der Waals surface area contributed by atoms with Crippen LogP contribution in [0.5, 0.6) is 11.5 Å². The van der Waals surface area contributed by atoms with E-state index in [1.54, 1.807) is 14.2 Å². The number of rotatable bonds is 5. The van der Waals surface area contributed by atoms with Gasteiger partial charge in [0.15, 0.2) is 11.5 Å². The molecule has 3 heteroatoms. The van der Waals surface area contributed by atoms with Gasteiger partial charge in [-0.1, -0.05) is 12.8 Å². The van der Waals surface area contributed by atoms with Crippen LogP contribution in [0.3, 0.4) is 0 Å². The lowest BCUT2D eigenvalue weighted by Gasteiger charge is -2.16. The van der Waals surface area contributed by atoms with Crippen LogP contribution < -0.4 is 14.8 Å². The van der Waals surface area contributed by atoms with Crippen molar-refractivity contribution in [3.63, 3.8) is 0 Å². The molecule has 1 aromatic carbocycles. The second-order valence-electron chi connectivity index (χ2n) is 5.00. The highest BCUT2D eigenvalue weighted by Crippen LogP contribution is 2.30. The van der Waals surface area contributed by atoms with Gasteiger partial charge in [-0.2, -0.15) is 0 Å². The molecule has 0 radical (unpaired) electrons. The summed E-state index contributed by atoms with van der Waals surface area (Å²) in [4.78, 5) is 0. The Kier molecular flexibility index (Phi) is 4.48. The summed E-state index contributed by atoms with van der Waals surface area (Å²) in [7, 11) is 3.36. The Morgan fingerprint density at radius 3 is 2.33 bits per heavy atom. The van der Waals surface area contributed by atoms with Gasteiger partial charge >= 0.3 is 0 Å². The lowest BCUT2D eigenvalue weighted by Crippen LogP contribution is -2.25. The molecule has 0 saturated heterocycles. The number of nitrogens with one attached hydrogen (secondary N) is 1. The number of hydrogen-bond donors (Lipinski definition) is 1. The zero-order chi connectivity index (χ0) is 13.0. The molecular weight excluding hydrogens is 226 g/mol. The summed E-state index contributed by atoms with van der Waals surface area (Å²) in [5, 5.41) is 3.63. The monoisotopic (exact) mass is 249 g/mol. The van der Waals surface area contributed by atoms with E-state index in [2.05, 4.69) is 18.3 Å². The zero-order valence-electron chi connectivity index (χ0n) is 11.6. The van der Waals surface area contributed by atoms with Crippen LogP contribution >= 0.6 is 0 Å². The van der Waals surface area contributed by atoms with E-state index in [0.717, 1.165) is 18.0 Å². The van der Waals surface area contributed by atoms with Crippen LogP contribution in [0.15, 0.2) is 12.1 Å². The molecule has 1 aliphatic carbocycles. The molecule has 100 valence electrons. The smallest absolute Gasteiger partial charge is 0.161 e. The van der Waals surface area contributed by atoms with Gasteiger partial charge in [-0.3, -0.25) is 0 Å². The van der Waals surface area contributed by atoms with Gasteiger partial charge in [-0.05, 0) is 43.0 Å². The molecule has 1 saturated carbocycles. The minimum atomic E-state index is 0.692. The van der Waals surface area contributed by atoms with Gasteiger partial charge in [0, 0.05) is 12.6 Å². The summed E-state index contributed by atoms with van der Waals surface area (Å²) in [6.07, 6.45) is 5.35. The topological polar surface area (TPSA) is 30.5 Å². The van der Waals surface area contributed by atoms with Crippen molar-refractivity contribution in [2.75, 3.05) is 14.2 Å². The van der Waals surface area contributed by atoms with Crippen LogP contribution in [-0.2, 0) is 6.54 Å². The SMILES string of the molecule is COc1cc(C)c(CNC2CCCC2)cc1OC. The molecule has 1 aromatic rings. The summed E-state index contributed by atoms with van der Waals surface area (Å²) in [5.74, 6) is 1.62. The largest absolute Gasteiger partial charge is 0.493 e. The third kappa shape index (κ3) is 2.96. The molecule has 3 nitrogen and oxygen atoms in total. The van der Waals surface area contributed by atoms with Crippen LogP contribution in [0.25, 0.3) is 0 Å². The molecular formula is C15H23NO2. The fraction of sp³-hybridized carbons (Fsp3) is 0.600. The van der Waals surface area contributed by atoms with Gasteiger partial charge in [0.1, 0.15) is 0 Å². The van der Waals surface area contributed by atoms with Gasteiger partial charge < -0.3 is 14.8 Å². The number of ether oxygens (including phenoxy) is 2. The van der Waals surface area contributed by atoms with E-state index >= 15 is 0 Å². The molecule has 0 aliphatic heterocycles. The van der Waals surface area contributed by atoms with E-state index in [0.29, 0.717) is 6.04 Å². The molecule has 0 bridgehead atoms. The van der Waals surface area contributed by atoms with Crippen LogP contribution in [0.1, 0.15) is 36.8 Å². The molecule has 1 fully saturated rings. The number of hydrogen-bond acceptors (Lipinski definition) is 3. The molecule has 0 atom stereocenters. The molecule has 1 N–H and O–H groups in total. The van der Waals surface area contributed by atoms with E-state index < -0.39 is 0 Å². The maximum absolute atomic E-state index is 5.35. The molecule has 0 heterocycles. The number of methoxy groups -OCH3 is 2. The number of benzene rings is 1. The maximum Gasteiger partial charge on any atom is 0.161 e. The standard InChI is InChI=1S/C15H23NO2/c1-11-8-14(17-2)15(18-3)9-12(11)10-16-13-6-4-5-7-13/h8-9,13,16H,4-7,10H2,1-3H3. The second-order valence-corrected chi connectivity index (χ2v) is 5.00. The molecule has 0 unspecified atom stereocenters. The summed E-state index contributed by atoms with van der Waals surface area (Å²) in [5.41, 5.74) is 2.54. The quantitative estimate of drug-likeness (QED) is 0.870. The van der Waals surface area contributed by atoms with Crippen molar-refractivity contribution in [3.05, 3.63) is 23.3 Å². The normalized spacial score (nSPS) is 15.9. The van der Waals surface area contributed by atoms with Crippen LogP contribution in [0.4, 0.5) is 0 Å². The van der Waals surface area contributed by atoms with E-state index in [4.69, 9.17) is 9.47 Å². The van der Waals surface area contributed by atoms with Crippen molar-refractivity contribution in [3.8, 4) is 11.5 Å². The highest BCUT2D eigenvalue weighted by atomic mass is 16.5. The maximum atomic E-state index is 5.35. The van der Waals surface area contributed by atoms with Crippen LogP contribution in [0.2, 0.25) is 0 Å². The minimum absolute atomic E-state index is 0.692. The Hall–Kier alpha value is -1.22. The van der Waals surface area contributed by atoms with Gasteiger partial charge in [0.2, 0.25) is 0 Å². The Bertz CT molecular complexity index is 398. The third-order valence-electron chi connectivity index (χ3n) is 3.78. The average molecular weight is 249 g/mol. The second kappa shape index (κ2) is 6.10. The lowest BCUT2D eigenvalue weighted by atomic mass is 10.1. The van der Waals surface area contributed by atoms with E-state index in [9.17, 15) is 0 Å². The first-order valence-electron chi connectivity index (χ1n) is 6.69. The first-order valence-corrected chi connectivity index (χ1v) is 6.69. The summed E-state index contributed by atoms with van der Waals surface area (Å²) >= 11 is 0. The molecule has 1 aliphatic rings. The van der Waals surface area contributed by atoms with Gasteiger partial charge in [-0.15, -0.1) is 0 Å². The van der Waals surface area contributed by atoms with Crippen molar-refractivity contribution < 1.29 is 9.47 Å². The van der Waals surface area contributed by atoms with Gasteiger partial charge in [0.05, 0.1) is 14.2 Å². The fourth-order valence-corrected chi connectivity index (χ4v) is 2.60. The van der Waals surface area contributed by atoms with E-state index in [1.165, 1.54) is 36.8 Å². The minimum Gasteiger partial charge on any atom is -0.493 e. The lowest BCUT2D eigenvalue weighted by molar-refractivity contribution is 0.354. The fourth-order valence-electron chi connectivity index (χ4n) is 2.60. The summed E-state index contributed by atoms with van der Waals surface area (Å²) in [6, 6.07) is 4.82. The molecule has 0 spiro atoms. The highest BCUT2D eigenvalue weighted by Gasteiger charge is 2.15. The van der Waals surface area contributed by atoms with Crippen LogP contribution in [-0.4, -0.2) is 20.3 Å². The molecule has 18 heavy (non-hydrogen) atoms. The van der Waals surface area contributed by atoms with E-state index in [-0.39, 0.29) is 0 Å². The van der Waals surface area contributed by atoms with Crippen molar-refractivity contribution in [2.45, 2.75) is 45.2 Å². The predicted molar refractivity (Wildman–Crippen MR) is 73.4 cm³/mol. The Balaban J connectivity index is 2.06. The first kappa shape index (κ1) is 13.2. The zero-order valence-corrected chi connectivity index (χ0v) is 11.6. The van der Waals surface area contributed by atoms with Crippen molar-refractivity contribution in [2.24, 2.45) is 0 Å². The van der Waals surface area contributed by atoms with Crippen molar-refractivity contribution in [1.29, 1.82) is 0 Å². The molecule has 0 amide bonds. The summed E-state index contributed by atoms with van der Waals surface area (Å²) in [6.45, 7) is 3.03. The molecule has 2 rings (SSSR count). The third-order valence-corrected chi connectivity index (χ3v) is 3.78. The average Bonchev–Trinajstić information content (AvgIpc) is 2.90. The molecule has 0 aromatic heterocycles.